The molecular formula is C14H15ClN2O3S. The van der Waals surface area contributed by atoms with E-state index in [1.807, 2.05) is 0 Å². The number of sulfonamides is 1. The van der Waals surface area contributed by atoms with Crippen molar-refractivity contribution in [1.29, 1.82) is 0 Å². The lowest BCUT2D eigenvalue weighted by Gasteiger charge is -2.15. The van der Waals surface area contributed by atoms with E-state index < -0.39 is 16.1 Å². The molecule has 21 heavy (non-hydrogen) atoms. The number of rotatable bonds is 5. The number of pyridine rings is 1. The van der Waals surface area contributed by atoms with E-state index in [0.29, 0.717) is 5.75 Å². The van der Waals surface area contributed by atoms with Gasteiger partial charge in [0, 0.05) is 18.4 Å². The van der Waals surface area contributed by atoms with Crippen molar-refractivity contribution in [3.8, 4) is 5.75 Å². The van der Waals surface area contributed by atoms with E-state index >= 15 is 0 Å². The monoisotopic (exact) mass is 326 g/mol. The van der Waals surface area contributed by atoms with Crippen LogP contribution in [-0.2, 0) is 10.0 Å². The number of hydrogen-bond acceptors (Lipinski definition) is 4. The first kappa shape index (κ1) is 15.8. The first-order valence-electron chi connectivity index (χ1n) is 6.20. The molecule has 0 aliphatic rings. The Labute approximate surface area is 129 Å². The van der Waals surface area contributed by atoms with Crippen LogP contribution in [0.4, 0.5) is 0 Å². The number of aromatic nitrogens is 1. The minimum Gasteiger partial charge on any atom is -0.497 e. The molecule has 2 aromatic rings. The fourth-order valence-electron chi connectivity index (χ4n) is 1.82. The van der Waals surface area contributed by atoms with Gasteiger partial charge in [-0.3, -0.25) is 4.98 Å². The predicted molar refractivity (Wildman–Crippen MR) is 81.0 cm³/mol. The Morgan fingerprint density at radius 2 is 1.90 bits per heavy atom. The second-order valence-corrected chi connectivity index (χ2v) is 6.51. The summed E-state index contributed by atoms with van der Waals surface area (Å²) in [7, 11) is -2.15. The summed E-state index contributed by atoms with van der Waals surface area (Å²) in [6.45, 7) is 1.75. The third kappa shape index (κ3) is 3.72. The molecular weight excluding hydrogens is 312 g/mol. The van der Waals surface area contributed by atoms with Gasteiger partial charge in [-0.25, -0.2) is 13.1 Å². The largest absolute Gasteiger partial charge is 0.497 e. The van der Waals surface area contributed by atoms with Crippen LogP contribution < -0.4 is 9.46 Å². The highest BCUT2D eigenvalue weighted by molar-refractivity contribution is 7.89. The summed E-state index contributed by atoms with van der Waals surface area (Å²) in [4.78, 5) is 3.76. The molecule has 0 radical (unpaired) electrons. The topological polar surface area (TPSA) is 68.3 Å². The van der Waals surface area contributed by atoms with Crippen molar-refractivity contribution in [1.82, 2.24) is 9.71 Å². The molecule has 0 aliphatic carbocycles. The third-order valence-corrected chi connectivity index (χ3v) is 4.98. The van der Waals surface area contributed by atoms with Crippen LogP contribution >= 0.6 is 11.6 Å². The number of halogens is 1. The van der Waals surface area contributed by atoms with Gasteiger partial charge in [0.05, 0.1) is 12.1 Å². The summed E-state index contributed by atoms with van der Waals surface area (Å²) in [5.41, 5.74) is 0.819. The van der Waals surface area contributed by atoms with Gasteiger partial charge in [0.1, 0.15) is 10.6 Å². The zero-order chi connectivity index (χ0) is 15.5. The van der Waals surface area contributed by atoms with Crippen molar-refractivity contribution in [2.24, 2.45) is 0 Å². The highest BCUT2D eigenvalue weighted by atomic mass is 35.5. The Morgan fingerprint density at radius 1 is 1.24 bits per heavy atom. The van der Waals surface area contributed by atoms with Gasteiger partial charge in [-0.05, 0) is 30.7 Å². The van der Waals surface area contributed by atoms with Gasteiger partial charge >= 0.3 is 0 Å². The molecule has 1 N–H and O–H groups in total. The molecule has 112 valence electrons. The minimum atomic E-state index is -3.73. The molecule has 5 nitrogen and oxygen atoms in total. The molecule has 1 aromatic carbocycles. The molecule has 0 fully saturated rings. The molecule has 0 saturated heterocycles. The van der Waals surface area contributed by atoms with Crippen LogP contribution in [0.15, 0.2) is 47.6 Å². The summed E-state index contributed by atoms with van der Waals surface area (Å²) >= 11 is 5.90. The molecule has 1 heterocycles. The van der Waals surface area contributed by atoms with E-state index in [1.165, 1.54) is 18.5 Å². The predicted octanol–water partition coefficient (Wildman–Crippen LogP) is 2.78. The highest BCUT2D eigenvalue weighted by Crippen LogP contribution is 2.23. The van der Waals surface area contributed by atoms with E-state index in [-0.39, 0.29) is 9.92 Å². The molecule has 2 rings (SSSR count). The van der Waals surface area contributed by atoms with E-state index in [1.54, 1.807) is 38.3 Å². The Bertz CT molecular complexity index is 717. The van der Waals surface area contributed by atoms with Crippen LogP contribution in [0.5, 0.6) is 5.75 Å². The second kappa shape index (κ2) is 6.43. The van der Waals surface area contributed by atoms with Crippen LogP contribution in [0.25, 0.3) is 0 Å². The van der Waals surface area contributed by atoms with Gasteiger partial charge in [0.2, 0.25) is 10.0 Å². The molecule has 1 aromatic heterocycles. The number of hydrogen-bond donors (Lipinski definition) is 1. The van der Waals surface area contributed by atoms with Crippen LogP contribution in [-0.4, -0.2) is 20.5 Å². The summed E-state index contributed by atoms with van der Waals surface area (Å²) < 4.78 is 32.2. The number of nitrogens with zero attached hydrogens (tertiary/aromatic N) is 1. The summed E-state index contributed by atoms with van der Waals surface area (Å²) in [6.07, 6.45) is 2.67. The van der Waals surface area contributed by atoms with Crippen molar-refractivity contribution in [2.75, 3.05) is 7.11 Å². The van der Waals surface area contributed by atoms with Crippen LogP contribution in [0.1, 0.15) is 18.5 Å². The standard InChI is InChI=1S/C14H15ClN2O3S/c1-10(11-3-5-12(20-2)6-4-11)17-21(18,19)14-9-16-8-7-13(14)15/h3-10,17H,1-2H3. The Kier molecular flexibility index (Phi) is 4.82. The third-order valence-electron chi connectivity index (χ3n) is 2.97. The highest BCUT2D eigenvalue weighted by Gasteiger charge is 2.21. The summed E-state index contributed by atoms with van der Waals surface area (Å²) in [5.74, 6) is 0.712. The van der Waals surface area contributed by atoms with Crippen molar-refractivity contribution in [3.63, 3.8) is 0 Å². The van der Waals surface area contributed by atoms with Gasteiger partial charge < -0.3 is 4.74 Å². The Hall–Kier alpha value is -1.63. The summed E-state index contributed by atoms with van der Waals surface area (Å²) in [5, 5.41) is 0.138. The van der Waals surface area contributed by atoms with Crippen LogP contribution in [0.2, 0.25) is 5.02 Å². The molecule has 1 atom stereocenters. The minimum absolute atomic E-state index is 0.0352. The number of ether oxygens (including phenoxy) is 1. The maximum atomic E-state index is 12.3. The quantitative estimate of drug-likeness (QED) is 0.917. The molecule has 0 aliphatic heterocycles. The van der Waals surface area contributed by atoms with Gasteiger partial charge in [0.15, 0.2) is 0 Å². The molecule has 0 saturated carbocycles. The van der Waals surface area contributed by atoms with Gasteiger partial charge in [0.25, 0.3) is 0 Å². The zero-order valence-corrected chi connectivity index (χ0v) is 13.1. The number of nitrogens with one attached hydrogen (secondary N) is 1. The van der Waals surface area contributed by atoms with Crippen LogP contribution in [0, 0.1) is 0 Å². The average Bonchev–Trinajstić information content (AvgIpc) is 2.47. The lowest BCUT2D eigenvalue weighted by atomic mass is 10.1. The normalized spacial score (nSPS) is 12.9. The van der Waals surface area contributed by atoms with Gasteiger partial charge in [-0.15, -0.1) is 0 Å². The fourth-order valence-corrected chi connectivity index (χ4v) is 3.48. The van der Waals surface area contributed by atoms with Gasteiger partial charge in [-0.1, -0.05) is 23.7 Å². The van der Waals surface area contributed by atoms with Crippen molar-refractivity contribution < 1.29 is 13.2 Å². The fraction of sp³-hybridized carbons (Fsp3) is 0.214. The average molecular weight is 327 g/mol. The first-order valence-corrected chi connectivity index (χ1v) is 8.06. The maximum absolute atomic E-state index is 12.3. The summed E-state index contributed by atoms with van der Waals surface area (Å²) in [6, 6.07) is 8.19. The lowest BCUT2D eigenvalue weighted by molar-refractivity contribution is 0.414. The Morgan fingerprint density at radius 3 is 2.48 bits per heavy atom. The number of benzene rings is 1. The molecule has 0 bridgehead atoms. The van der Waals surface area contributed by atoms with Crippen LogP contribution in [0.3, 0.4) is 0 Å². The lowest BCUT2D eigenvalue weighted by Crippen LogP contribution is -2.27. The maximum Gasteiger partial charge on any atom is 0.244 e. The number of methoxy groups -OCH3 is 1. The van der Waals surface area contributed by atoms with E-state index in [9.17, 15) is 8.42 Å². The molecule has 0 spiro atoms. The Balaban J connectivity index is 2.21. The van der Waals surface area contributed by atoms with Crippen molar-refractivity contribution in [3.05, 3.63) is 53.3 Å². The van der Waals surface area contributed by atoms with E-state index in [0.717, 1.165) is 5.56 Å². The van der Waals surface area contributed by atoms with Crippen molar-refractivity contribution in [2.45, 2.75) is 17.9 Å². The molecule has 1 unspecified atom stereocenters. The van der Waals surface area contributed by atoms with E-state index in [2.05, 4.69) is 9.71 Å². The first-order chi connectivity index (χ1) is 9.94. The smallest absolute Gasteiger partial charge is 0.244 e. The molecule has 0 amide bonds. The molecule has 7 heteroatoms. The van der Waals surface area contributed by atoms with Crippen molar-refractivity contribution >= 4 is 21.6 Å². The SMILES string of the molecule is COc1ccc(C(C)NS(=O)(=O)c2cnccc2Cl)cc1. The van der Waals surface area contributed by atoms with Gasteiger partial charge in [-0.2, -0.15) is 0 Å². The second-order valence-electron chi connectivity index (χ2n) is 4.42. The van der Waals surface area contributed by atoms with E-state index in [4.69, 9.17) is 16.3 Å². The zero-order valence-electron chi connectivity index (χ0n) is 11.6.